The lowest BCUT2D eigenvalue weighted by atomic mass is 9.53. The lowest BCUT2D eigenvalue weighted by molar-refractivity contribution is 0.0254. The molecule has 4 rings (SSSR count). The quantitative estimate of drug-likeness (QED) is 0.863. The van der Waals surface area contributed by atoms with Gasteiger partial charge < -0.3 is 5.32 Å². The number of rotatable bonds is 5. The summed E-state index contributed by atoms with van der Waals surface area (Å²) in [5.74, 6) is 3.70. The summed E-state index contributed by atoms with van der Waals surface area (Å²) < 4.78 is 0. The van der Waals surface area contributed by atoms with E-state index in [0.29, 0.717) is 17.9 Å². The van der Waals surface area contributed by atoms with Crippen LogP contribution in [0.2, 0.25) is 0 Å². The van der Waals surface area contributed by atoms with E-state index in [-0.39, 0.29) is 0 Å². The number of aromatic nitrogens is 2. The van der Waals surface area contributed by atoms with Crippen molar-refractivity contribution in [3.05, 3.63) is 59.7 Å². The van der Waals surface area contributed by atoms with Crippen molar-refractivity contribution in [1.82, 2.24) is 15.3 Å². The van der Waals surface area contributed by atoms with Gasteiger partial charge in [-0.25, -0.2) is 9.97 Å². The van der Waals surface area contributed by atoms with Crippen molar-refractivity contribution in [1.29, 1.82) is 0 Å². The molecular weight excluding hydrogens is 306 g/mol. The predicted octanol–water partition coefficient (Wildman–Crippen LogP) is 4.66. The van der Waals surface area contributed by atoms with Crippen LogP contribution < -0.4 is 5.32 Å². The van der Waals surface area contributed by atoms with Gasteiger partial charge in [0.1, 0.15) is 5.82 Å². The van der Waals surface area contributed by atoms with E-state index in [4.69, 9.17) is 0 Å². The molecule has 0 aliphatic heterocycles. The lowest BCUT2D eigenvalue weighted by Crippen LogP contribution is -2.57. The van der Waals surface area contributed by atoms with Crippen molar-refractivity contribution >= 4 is 0 Å². The summed E-state index contributed by atoms with van der Waals surface area (Å²) in [5, 5.41) is 3.85. The monoisotopic (exact) mass is 335 g/mol. The minimum Gasteiger partial charge on any atom is -0.309 e. The normalized spacial score (nSPS) is 28.4. The topological polar surface area (TPSA) is 37.8 Å². The molecule has 1 heterocycles. The lowest BCUT2D eigenvalue weighted by Gasteiger charge is -2.55. The molecule has 0 radical (unpaired) electrons. The summed E-state index contributed by atoms with van der Waals surface area (Å²) in [7, 11) is 0. The first-order valence-electron chi connectivity index (χ1n) is 9.83. The summed E-state index contributed by atoms with van der Waals surface area (Å²) in [5.41, 5.74) is 2.70. The Morgan fingerprint density at radius 3 is 2.36 bits per heavy atom. The average molecular weight is 335 g/mol. The van der Waals surface area contributed by atoms with E-state index in [1.807, 2.05) is 12.4 Å². The van der Waals surface area contributed by atoms with Crippen LogP contribution in [0.15, 0.2) is 42.7 Å². The number of fused-ring (bicyclic) bond motifs is 1. The first-order valence-corrected chi connectivity index (χ1v) is 9.83. The first-order chi connectivity index (χ1) is 12.2. The molecule has 132 valence electrons. The standard InChI is InChI=1S/C22H29N3/c1-15(2)22-24-13-16(14-25-22)12-23-21-19-11-7-6-10-18(19)20(21)17-8-4-3-5-9-17/h3-5,8-9,13-15,18-21,23H,6-7,10-12H2,1-2H3/t18?,19?,20-,21-/m0/s1. The molecule has 2 aromatic rings. The van der Waals surface area contributed by atoms with Crippen molar-refractivity contribution in [2.24, 2.45) is 11.8 Å². The molecule has 4 atom stereocenters. The number of benzene rings is 1. The Hall–Kier alpha value is -1.74. The fourth-order valence-electron chi connectivity index (χ4n) is 4.87. The number of nitrogens with one attached hydrogen (secondary N) is 1. The van der Waals surface area contributed by atoms with Crippen molar-refractivity contribution in [2.75, 3.05) is 0 Å². The van der Waals surface area contributed by atoms with Crippen LogP contribution in [0.5, 0.6) is 0 Å². The highest BCUT2D eigenvalue weighted by Crippen LogP contribution is 2.54. The van der Waals surface area contributed by atoms with Crippen molar-refractivity contribution < 1.29 is 0 Å². The van der Waals surface area contributed by atoms with Gasteiger partial charge in [-0.3, -0.25) is 0 Å². The van der Waals surface area contributed by atoms with Crippen LogP contribution in [0.3, 0.4) is 0 Å². The molecule has 2 aliphatic rings. The maximum atomic E-state index is 4.51. The predicted molar refractivity (Wildman–Crippen MR) is 101 cm³/mol. The smallest absolute Gasteiger partial charge is 0.130 e. The van der Waals surface area contributed by atoms with Crippen LogP contribution in [0.25, 0.3) is 0 Å². The molecule has 3 nitrogen and oxygen atoms in total. The fourth-order valence-corrected chi connectivity index (χ4v) is 4.87. The van der Waals surface area contributed by atoms with Crippen molar-refractivity contribution in [2.45, 2.75) is 64.0 Å². The van der Waals surface area contributed by atoms with E-state index in [1.54, 1.807) is 0 Å². The minimum absolute atomic E-state index is 0.388. The van der Waals surface area contributed by atoms with Crippen LogP contribution in [-0.4, -0.2) is 16.0 Å². The molecule has 2 saturated carbocycles. The van der Waals surface area contributed by atoms with Gasteiger partial charge >= 0.3 is 0 Å². The van der Waals surface area contributed by atoms with Crippen molar-refractivity contribution in [3.8, 4) is 0 Å². The molecule has 1 N–H and O–H groups in total. The molecule has 1 aromatic heterocycles. The molecule has 2 aliphatic carbocycles. The molecule has 3 heteroatoms. The van der Waals surface area contributed by atoms with Gasteiger partial charge in [-0.2, -0.15) is 0 Å². The maximum absolute atomic E-state index is 4.51. The number of hydrogen-bond acceptors (Lipinski definition) is 3. The Labute approximate surface area is 151 Å². The zero-order valence-corrected chi connectivity index (χ0v) is 15.4. The Balaban J connectivity index is 1.46. The highest BCUT2D eigenvalue weighted by atomic mass is 15.0. The van der Waals surface area contributed by atoms with Gasteiger partial charge in [0, 0.05) is 42.4 Å². The van der Waals surface area contributed by atoms with Crippen LogP contribution in [0.4, 0.5) is 0 Å². The van der Waals surface area contributed by atoms with E-state index in [0.717, 1.165) is 24.2 Å². The van der Waals surface area contributed by atoms with E-state index < -0.39 is 0 Å². The van der Waals surface area contributed by atoms with Gasteiger partial charge in [-0.1, -0.05) is 57.0 Å². The van der Waals surface area contributed by atoms with Gasteiger partial charge in [0.05, 0.1) is 0 Å². The van der Waals surface area contributed by atoms with E-state index in [9.17, 15) is 0 Å². The third-order valence-corrected chi connectivity index (χ3v) is 6.15. The Morgan fingerprint density at radius 2 is 1.68 bits per heavy atom. The molecule has 1 aromatic carbocycles. The van der Waals surface area contributed by atoms with Crippen LogP contribution >= 0.6 is 0 Å². The Morgan fingerprint density at radius 1 is 1.00 bits per heavy atom. The minimum atomic E-state index is 0.388. The zero-order valence-electron chi connectivity index (χ0n) is 15.4. The summed E-state index contributed by atoms with van der Waals surface area (Å²) >= 11 is 0. The second-order valence-electron chi connectivity index (χ2n) is 8.06. The average Bonchev–Trinajstić information content (AvgIpc) is 2.64. The van der Waals surface area contributed by atoms with E-state index in [1.165, 1.54) is 36.8 Å². The molecule has 2 unspecified atom stereocenters. The van der Waals surface area contributed by atoms with Gasteiger partial charge in [0.15, 0.2) is 0 Å². The molecular formula is C22H29N3. The molecule has 25 heavy (non-hydrogen) atoms. The molecule has 0 saturated heterocycles. The fraction of sp³-hybridized carbons (Fsp3) is 0.545. The molecule has 0 spiro atoms. The maximum Gasteiger partial charge on any atom is 0.130 e. The summed E-state index contributed by atoms with van der Waals surface area (Å²) in [4.78, 5) is 9.02. The van der Waals surface area contributed by atoms with Crippen LogP contribution in [-0.2, 0) is 6.54 Å². The largest absolute Gasteiger partial charge is 0.309 e. The van der Waals surface area contributed by atoms with E-state index in [2.05, 4.69) is 59.5 Å². The highest BCUT2D eigenvalue weighted by Gasteiger charge is 2.50. The van der Waals surface area contributed by atoms with Gasteiger partial charge in [0.2, 0.25) is 0 Å². The van der Waals surface area contributed by atoms with Crippen LogP contribution in [0, 0.1) is 11.8 Å². The first kappa shape index (κ1) is 16.7. The Kier molecular flexibility index (Phi) is 4.85. The van der Waals surface area contributed by atoms with Gasteiger partial charge in [-0.15, -0.1) is 0 Å². The highest BCUT2D eigenvalue weighted by molar-refractivity contribution is 5.28. The van der Waals surface area contributed by atoms with Gasteiger partial charge in [-0.05, 0) is 30.2 Å². The SMILES string of the molecule is CC(C)c1ncc(CN[C@H]2C3CCCCC3[C@@H]2c2ccccc2)cn1. The van der Waals surface area contributed by atoms with Crippen LogP contribution in [0.1, 0.15) is 68.3 Å². The van der Waals surface area contributed by atoms with E-state index >= 15 is 0 Å². The summed E-state index contributed by atoms with van der Waals surface area (Å²) in [6, 6.07) is 11.7. The molecule has 0 bridgehead atoms. The molecule has 0 amide bonds. The second-order valence-corrected chi connectivity index (χ2v) is 8.06. The molecule has 2 fully saturated rings. The second kappa shape index (κ2) is 7.25. The third kappa shape index (κ3) is 3.35. The van der Waals surface area contributed by atoms with Gasteiger partial charge in [0.25, 0.3) is 0 Å². The number of nitrogens with zero attached hydrogens (tertiary/aromatic N) is 2. The summed E-state index contributed by atoms with van der Waals surface area (Å²) in [6.07, 6.45) is 9.56. The third-order valence-electron chi connectivity index (χ3n) is 6.15. The van der Waals surface area contributed by atoms with Crippen molar-refractivity contribution in [3.63, 3.8) is 0 Å². The number of hydrogen-bond donors (Lipinski definition) is 1. The summed E-state index contributed by atoms with van der Waals surface area (Å²) in [6.45, 7) is 5.14. The Bertz CT molecular complexity index is 680. The zero-order chi connectivity index (χ0) is 17.2.